The fraction of sp³-hybridized carbons (Fsp3) is 0.958. The van der Waals surface area contributed by atoms with Crippen LogP contribution in [0.4, 0.5) is 0 Å². The van der Waals surface area contributed by atoms with E-state index in [1.165, 1.54) is 6.92 Å². The van der Waals surface area contributed by atoms with Crippen molar-refractivity contribution in [2.45, 2.75) is 224 Å². The first-order valence-corrected chi connectivity index (χ1v) is 24.1. The van der Waals surface area contributed by atoms with Crippen LogP contribution in [0.1, 0.15) is 114 Å². The van der Waals surface area contributed by atoms with Crippen LogP contribution in [0, 0.1) is 50.2 Å². The maximum absolute atomic E-state index is 12.2. The lowest BCUT2D eigenvalue weighted by Gasteiger charge is -2.73. The lowest BCUT2D eigenvalue weighted by molar-refractivity contribution is -0.396. The van der Waals surface area contributed by atoms with Crippen LogP contribution in [-0.2, 0) is 33.2 Å². The standard InChI is InChI=1S/C48H78O16/c1-22-30(51)33(54)36(57)39(59-22)63-38-35(56)32(53)24(20-49)61-41(38)64-37-34(55)31(52)23(2)60-40(37)62-29-12-13-44(7)25(43(29,5)6)10-14-45(8)26(44)11-15-48-27-18-42(3,4)16-17-47(27,21-58-48)28(50)19-46(45,48)9/h11,15,22-41,49-57H,10,12-14,16-21H2,1-9H3/t22-,23-,24-,25+,26+,27-,28+,29-,30-,31+,32-,33+,34-,35-,36+,37+,38+,39+,40+,41-,44-,45+,46-,47+,48-/m0/s1. The predicted molar refractivity (Wildman–Crippen MR) is 227 cm³/mol. The molecule has 64 heavy (non-hydrogen) atoms. The Bertz CT molecular complexity index is 1760. The van der Waals surface area contributed by atoms with Crippen molar-refractivity contribution in [2.75, 3.05) is 13.2 Å². The van der Waals surface area contributed by atoms with Crippen molar-refractivity contribution in [3.63, 3.8) is 0 Å². The van der Waals surface area contributed by atoms with E-state index in [-0.39, 0.29) is 44.8 Å². The molecule has 1 spiro atoms. The van der Waals surface area contributed by atoms with E-state index in [9.17, 15) is 46.0 Å². The first kappa shape index (κ1) is 48.1. The summed E-state index contributed by atoms with van der Waals surface area (Å²) < 4.78 is 44.3. The molecule has 0 aromatic rings. The molecule has 16 heteroatoms. The fourth-order valence-electron chi connectivity index (χ4n) is 15.7. The van der Waals surface area contributed by atoms with Gasteiger partial charge < -0.3 is 79.1 Å². The molecule has 9 aliphatic rings. The molecule has 0 unspecified atom stereocenters. The summed E-state index contributed by atoms with van der Waals surface area (Å²) >= 11 is 0. The van der Waals surface area contributed by atoms with E-state index in [1.807, 2.05) is 0 Å². The van der Waals surface area contributed by atoms with Crippen molar-refractivity contribution in [2.24, 2.45) is 50.2 Å². The number of aliphatic hydroxyl groups excluding tert-OH is 9. The van der Waals surface area contributed by atoms with Crippen molar-refractivity contribution < 1.29 is 79.1 Å². The van der Waals surface area contributed by atoms with Gasteiger partial charge in [-0.25, -0.2) is 0 Å². The van der Waals surface area contributed by atoms with Crippen molar-refractivity contribution in [3.05, 3.63) is 12.2 Å². The maximum Gasteiger partial charge on any atom is 0.187 e. The van der Waals surface area contributed by atoms with Crippen molar-refractivity contribution in [1.29, 1.82) is 0 Å². The molecule has 5 aliphatic carbocycles. The molecular weight excluding hydrogens is 833 g/mol. The Labute approximate surface area is 377 Å². The van der Waals surface area contributed by atoms with Gasteiger partial charge in [0.1, 0.15) is 61.0 Å². The molecule has 0 amide bonds. The van der Waals surface area contributed by atoms with Crippen LogP contribution in [0.15, 0.2) is 12.2 Å². The molecule has 4 aliphatic heterocycles. The van der Waals surface area contributed by atoms with Crippen LogP contribution >= 0.6 is 0 Å². The molecular formula is C48H78O16. The number of hydrogen-bond acceptors (Lipinski definition) is 16. The van der Waals surface area contributed by atoms with Gasteiger partial charge in [0.2, 0.25) is 0 Å². The van der Waals surface area contributed by atoms with Gasteiger partial charge in [0.25, 0.3) is 0 Å². The second kappa shape index (κ2) is 16.1. The van der Waals surface area contributed by atoms with Crippen LogP contribution in [-0.4, -0.2) is 169 Å². The Morgan fingerprint density at radius 1 is 0.609 bits per heavy atom. The van der Waals surface area contributed by atoms with Crippen molar-refractivity contribution >= 4 is 0 Å². The van der Waals surface area contributed by atoms with E-state index in [1.54, 1.807) is 6.92 Å². The molecule has 4 heterocycles. The van der Waals surface area contributed by atoms with Gasteiger partial charge in [0.15, 0.2) is 18.9 Å². The quantitative estimate of drug-likeness (QED) is 0.130. The van der Waals surface area contributed by atoms with Gasteiger partial charge >= 0.3 is 0 Å². The van der Waals surface area contributed by atoms with Gasteiger partial charge in [-0.1, -0.05) is 60.6 Å². The van der Waals surface area contributed by atoms with E-state index in [4.69, 9.17) is 33.2 Å². The number of rotatable bonds is 7. The van der Waals surface area contributed by atoms with E-state index in [0.717, 1.165) is 38.5 Å². The van der Waals surface area contributed by atoms with Gasteiger partial charge in [-0.2, -0.15) is 0 Å². The summed E-state index contributed by atoms with van der Waals surface area (Å²) in [4.78, 5) is 0. The highest BCUT2D eigenvalue weighted by atomic mass is 16.8. The van der Waals surface area contributed by atoms with Crippen LogP contribution in [0.25, 0.3) is 0 Å². The fourth-order valence-corrected chi connectivity index (χ4v) is 15.7. The number of hydrogen-bond donors (Lipinski definition) is 9. The molecule has 0 aromatic heterocycles. The molecule has 9 rings (SSSR count). The lowest BCUT2D eigenvalue weighted by atomic mass is 9.32. The molecule has 4 saturated heterocycles. The SMILES string of the molecule is C[C@@H]1O[C@H](O[C@H]2[C@H](O[C@H]3[C@@H](O[C@H]4CC[C@@]5(C)[C@H](CC[C@]6(C)[C@@H]5C=C[C@]57OC[C@@]8(CCC(C)(C)C[C@@H]85)[C@H](O)C[C@]76C)C4(C)C)O[C@@H](C)[C@@H](O)[C@@H]3O)O[C@@H](CO)[C@H](O)[C@@H]2O)[C@H](O)[C@H](O)[C@H]1O. The van der Waals surface area contributed by atoms with Crippen LogP contribution in [0.2, 0.25) is 0 Å². The Kier molecular flexibility index (Phi) is 12.1. The molecule has 0 radical (unpaired) electrons. The summed E-state index contributed by atoms with van der Waals surface area (Å²) in [5.74, 6) is 0.649. The van der Waals surface area contributed by atoms with Crippen LogP contribution < -0.4 is 0 Å². The topological polar surface area (TPSA) is 247 Å². The maximum atomic E-state index is 12.2. The van der Waals surface area contributed by atoms with Gasteiger partial charge in [0, 0.05) is 16.7 Å². The monoisotopic (exact) mass is 911 g/mol. The third-order valence-electron chi connectivity index (χ3n) is 19.9. The minimum Gasteiger partial charge on any atom is -0.394 e. The Hall–Kier alpha value is -0.900. The highest BCUT2D eigenvalue weighted by molar-refractivity contribution is 5.36. The van der Waals surface area contributed by atoms with Gasteiger partial charge in [0.05, 0.1) is 43.2 Å². The average molecular weight is 911 g/mol. The Morgan fingerprint density at radius 3 is 1.89 bits per heavy atom. The van der Waals surface area contributed by atoms with Gasteiger partial charge in [-0.3, -0.25) is 0 Å². The largest absolute Gasteiger partial charge is 0.394 e. The van der Waals surface area contributed by atoms with Crippen molar-refractivity contribution in [3.8, 4) is 0 Å². The average Bonchev–Trinajstić information content (AvgIpc) is 3.51. The molecule has 366 valence electrons. The summed E-state index contributed by atoms with van der Waals surface area (Å²) in [6.45, 7) is 19.5. The molecule has 2 bridgehead atoms. The van der Waals surface area contributed by atoms with Crippen LogP contribution in [0.3, 0.4) is 0 Å². The zero-order valence-electron chi connectivity index (χ0n) is 39.2. The van der Waals surface area contributed by atoms with E-state index >= 15 is 0 Å². The minimum atomic E-state index is -1.79. The van der Waals surface area contributed by atoms with E-state index in [2.05, 4.69) is 60.6 Å². The number of aliphatic hydroxyl groups is 9. The molecule has 4 saturated carbocycles. The van der Waals surface area contributed by atoms with Gasteiger partial charge in [-0.15, -0.1) is 0 Å². The Morgan fingerprint density at radius 2 is 1.22 bits per heavy atom. The molecule has 25 atom stereocenters. The summed E-state index contributed by atoms with van der Waals surface area (Å²) in [7, 11) is 0. The second-order valence-electron chi connectivity index (χ2n) is 23.9. The van der Waals surface area contributed by atoms with E-state index < -0.39 is 122 Å². The Balaban J connectivity index is 0.976. The zero-order valence-corrected chi connectivity index (χ0v) is 39.2. The van der Waals surface area contributed by atoms with Gasteiger partial charge in [-0.05, 0) is 98.7 Å². The molecule has 9 N–H and O–H groups in total. The summed E-state index contributed by atoms with van der Waals surface area (Å²) in [6, 6.07) is 0. The first-order valence-electron chi connectivity index (χ1n) is 24.1. The highest BCUT2D eigenvalue weighted by Crippen LogP contribution is 2.79. The smallest absolute Gasteiger partial charge is 0.187 e. The third kappa shape index (κ3) is 6.73. The number of allylic oxidation sites excluding steroid dienone is 1. The van der Waals surface area contributed by atoms with Crippen molar-refractivity contribution in [1.82, 2.24) is 0 Å². The minimum absolute atomic E-state index is 0.141. The summed E-state index contributed by atoms with van der Waals surface area (Å²) in [6.07, 6.45) is -10.9. The predicted octanol–water partition coefficient (Wildman–Crippen LogP) is 1.66. The third-order valence-corrected chi connectivity index (χ3v) is 19.9. The normalized spacial score (nSPS) is 58.7. The highest BCUT2D eigenvalue weighted by Gasteiger charge is 2.79. The second-order valence-corrected chi connectivity index (χ2v) is 23.9. The van der Waals surface area contributed by atoms with Crippen LogP contribution in [0.5, 0.6) is 0 Å². The lowest BCUT2D eigenvalue weighted by Crippen LogP contribution is -2.72. The first-order chi connectivity index (χ1) is 29.8. The summed E-state index contributed by atoms with van der Waals surface area (Å²) in [5.41, 5.74) is -1.49. The molecule has 0 aromatic carbocycles. The zero-order chi connectivity index (χ0) is 46.5. The molecule has 8 fully saturated rings. The van der Waals surface area contributed by atoms with E-state index in [0.29, 0.717) is 19.4 Å². The number of fused-ring (bicyclic) bond motifs is 4. The molecule has 16 nitrogen and oxygen atoms in total. The summed E-state index contributed by atoms with van der Waals surface area (Å²) in [5, 5.41) is 98.9. The number of ether oxygens (including phenoxy) is 7.